The molecule has 0 aromatic heterocycles. The first-order chi connectivity index (χ1) is 7.13. The Morgan fingerprint density at radius 1 is 0.938 bits per heavy atom. The van der Waals surface area contributed by atoms with Crippen LogP contribution in [0.5, 0.6) is 5.75 Å². The van der Waals surface area contributed by atoms with Gasteiger partial charge in [-0.3, -0.25) is 0 Å². The lowest BCUT2D eigenvalue weighted by Gasteiger charge is -2.39. The van der Waals surface area contributed by atoms with Crippen LogP contribution in [0.25, 0.3) is 0 Å². The minimum absolute atomic E-state index is 0.115. The number of aryl methyl sites for hydroxylation is 2. The third-order valence-corrected chi connectivity index (χ3v) is 3.50. The molecule has 0 fully saturated rings. The highest BCUT2D eigenvalue weighted by atomic mass is 16.5. The molecule has 0 bridgehead atoms. The van der Waals surface area contributed by atoms with Gasteiger partial charge in [0.1, 0.15) is 11.4 Å². The monoisotopic (exact) mass is 220 g/mol. The molecule has 0 aliphatic heterocycles. The summed E-state index contributed by atoms with van der Waals surface area (Å²) in [6.07, 6.45) is 0. The number of hydrogen-bond donors (Lipinski definition) is 0. The summed E-state index contributed by atoms with van der Waals surface area (Å²) >= 11 is 0. The molecule has 90 valence electrons. The summed E-state index contributed by atoms with van der Waals surface area (Å²) in [4.78, 5) is 0. The Kier molecular flexibility index (Phi) is 3.37. The summed E-state index contributed by atoms with van der Waals surface area (Å²) in [6.45, 7) is 15.1. The van der Waals surface area contributed by atoms with Gasteiger partial charge in [0.2, 0.25) is 0 Å². The summed E-state index contributed by atoms with van der Waals surface area (Å²) in [5, 5.41) is 0. The zero-order valence-electron chi connectivity index (χ0n) is 11.6. The third-order valence-electron chi connectivity index (χ3n) is 3.50. The van der Waals surface area contributed by atoms with E-state index in [1.807, 2.05) is 0 Å². The molecule has 1 heteroatoms. The molecule has 0 aliphatic rings. The van der Waals surface area contributed by atoms with E-state index >= 15 is 0 Å². The zero-order chi connectivity index (χ0) is 12.6. The van der Waals surface area contributed by atoms with E-state index in [2.05, 4.69) is 66.7 Å². The molecule has 0 saturated carbocycles. The molecule has 1 aromatic rings. The molecular weight excluding hydrogens is 196 g/mol. The highest BCUT2D eigenvalue weighted by molar-refractivity contribution is 5.36. The van der Waals surface area contributed by atoms with E-state index in [9.17, 15) is 0 Å². The summed E-state index contributed by atoms with van der Waals surface area (Å²) < 4.78 is 6.15. The molecule has 0 unspecified atom stereocenters. The summed E-state index contributed by atoms with van der Waals surface area (Å²) in [7, 11) is 0. The van der Waals surface area contributed by atoms with Gasteiger partial charge in [-0.1, -0.05) is 38.5 Å². The van der Waals surface area contributed by atoms with Gasteiger partial charge in [0.25, 0.3) is 0 Å². The molecule has 0 amide bonds. The zero-order valence-corrected chi connectivity index (χ0v) is 11.6. The van der Waals surface area contributed by atoms with Crippen LogP contribution in [0.3, 0.4) is 0 Å². The van der Waals surface area contributed by atoms with E-state index in [4.69, 9.17) is 4.74 Å². The molecule has 1 nitrogen and oxygen atoms in total. The predicted octanol–water partition coefficient (Wildman–Crippen LogP) is 4.51. The topological polar surface area (TPSA) is 9.23 Å². The summed E-state index contributed by atoms with van der Waals surface area (Å²) in [6, 6.07) is 6.33. The molecule has 1 aromatic carbocycles. The van der Waals surface area contributed by atoms with Crippen LogP contribution in [0.4, 0.5) is 0 Å². The Balaban J connectivity index is 2.97. The van der Waals surface area contributed by atoms with E-state index in [0.29, 0.717) is 0 Å². The molecule has 0 spiro atoms. The van der Waals surface area contributed by atoms with Gasteiger partial charge >= 0.3 is 0 Å². The molecule has 0 N–H and O–H groups in total. The molecular formula is C15H24O. The van der Waals surface area contributed by atoms with Crippen LogP contribution in [0, 0.1) is 19.3 Å². The fourth-order valence-corrected chi connectivity index (χ4v) is 1.34. The molecule has 0 aliphatic carbocycles. The van der Waals surface area contributed by atoms with E-state index < -0.39 is 0 Å². The van der Waals surface area contributed by atoms with Gasteiger partial charge in [0, 0.05) is 5.41 Å². The fraction of sp³-hybridized carbons (Fsp3) is 0.600. The number of benzene rings is 1. The van der Waals surface area contributed by atoms with Crippen LogP contribution in [0.1, 0.15) is 45.7 Å². The van der Waals surface area contributed by atoms with E-state index in [-0.39, 0.29) is 11.0 Å². The third kappa shape index (κ3) is 2.78. The first-order valence-electron chi connectivity index (χ1n) is 5.90. The minimum Gasteiger partial charge on any atom is -0.487 e. The maximum absolute atomic E-state index is 6.15. The van der Waals surface area contributed by atoms with Crippen molar-refractivity contribution in [1.29, 1.82) is 0 Å². The lowest BCUT2D eigenvalue weighted by Crippen LogP contribution is -2.42. The molecule has 1 rings (SSSR count). The molecule has 0 heterocycles. The summed E-state index contributed by atoms with van der Waals surface area (Å²) in [5.41, 5.74) is 2.42. The van der Waals surface area contributed by atoms with Gasteiger partial charge in [-0.2, -0.15) is 0 Å². The second-order valence-corrected chi connectivity index (χ2v) is 6.13. The number of hydrogen-bond acceptors (Lipinski definition) is 1. The summed E-state index contributed by atoms with van der Waals surface area (Å²) in [5.74, 6) is 0.991. The van der Waals surface area contributed by atoms with Crippen molar-refractivity contribution in [2.24, 2.45) is 5.41 Å². The number of ether oxygens (including phenoxy) is 1. The fourth-order valence-electron chi connectivity index (χ4n) is 1.34. The smallest absolute Gasteiger partial charge is 0.123 e. The van der Waals surface area contributed by atoms with Crippen LogP contribution in [0.2, 0.25) is 0 Å². The van der Waals surface area contributed by atoms with Gasteiger partial charge < -0.3 is 4.74 Å². The van der Waals surface area contributed by atoms with Crippen molar-refractivity contribution in [1.82, 2.24) is 0 Å². The van der Waals surface area contributed by atoms with Crippen LogP contribution >= 0.6 is 0 Å². The first kappa shape index (κ1) is 13.1. The average Bonchev–Trinajstić information content (AvgIpc) is 2.08. The highest BCUT2D eigenvalue weighted by Gasteiger charge is 2.35. The van der Waals surface area contributed by atoms with Gasteiger partial charge in [-0.05, 0) is 39.3 Å². The Bertz CT molecular complexity index is 370. The Morgan fingerprint density at radius 2 is 1.50 bits per heavy atom. The van der Waals surface area contributed by atoms with E-state index in [1.165, 1.54) is 11.1 Å². The van der Waals surface area contributed by atoms with E-state index in [0.717, 1.165) is 5.75 Å². The SMILES string of the molecule is Cc1ccc(OC(C)(C)C(C)(C)C)c(C)c1. The van der Waals surface area contributed by atoms with Gasteiger partial charge in [-0.25, -0.2) is 0 Å². The normalized spacial score (nSPS) is 12.7. The first-order valence-corrected chi connectivity index (χ1v) is 5.90. The van der Waals surface area contributed by atoms with Crippen molar-refractivity contribution in [3.63, 3.8) is 0 Å². The van der Waals surface area contributed by atoms with Crippen molar-refractivity contribution < 1.29 is 4.74 Å². The Morgan fingerprint density at radius 3 is 1.94 bits per heavy atom. The second-order valence-electron chi connectivity index (χ2n) is 6.13. The molecule has 0 radical (unpaired) electrons. The van der Waals surface area contributed by atoms with Crippen molar-refractivity contribution in [2.45, 2.75) is 54.1 Å². The van der Waals surface area contributed by atoms with Gasteiger partial charge in [0.05, 0.1) is 0 Å². The number of rotatable bonds is 2. The minimum atomic E-state index is -0.174. The second kappa shape index (κ2) is 4.12. The highest BCUT2D eigenvalue weighted by Crippen LogP contribution is 2.35. The quantitative estimate of drug-likeness (QED) is 0.712. The lowest BCUT2D eigenvalue weighted by atomic mass is 9.79. The standard InChI is InChI=1S/C15H24O/c1-11-8-9-13(12(2)10-11)16-15(6,7)14(3,4)5/h8-10H,1-7H3. The van der Waals surface area contributed by atoms with Crippen molar-refractivity contribution in [3.8, 4) is 5.75 Å². The lowest BCUT2D eigenvalue weighted by molar-refractivity contribution is 0.000256. The van der Waals surface area contributed by atoms with Crippen LogP contribution < -0.4 is 4.74 Å². The van der Waals surface area contributed by atoms with Gasteiger partial charge in [0.15, 0.2) is 0 Å². The Hall–Kier alpha value is -0.980. The largest absolute Gasteiger partial charge is 0.487 e. The average molecular weight is 220 g/mol. The molecule has 0 atom stereocenters. The van der Waals surface area contributed by atoms with E-state index in [1.54, 1.807) is 0 Å². The van der Waals surface area contributed by atoms with Crippen LogP contribution in [-0.2, 0) is 0 Å². The van der Waals surface area contributed by atoms with Gasteiger partial charge in [-0.15, -0.1) is 0 Å². The van der Waals surface area contributed by atoms with Crippen molar-refractivity contribution in [3.05, 3.63) is 29.3 Å². The Labute approximate surface area is 99.8 Å². The van der Waals surface area contributed by atoms with Crippen LogP contribution in [-0.4, -0.2) is 5.60 Å². The maximum atomic E-state index is 6.15. The van der Waals surface area contributed by atoms with Crippen LogP contribution in [0.15, 0.2) is 18.2 Å². The molecule has 16 heavy (non-hydrogen) atoms. The van der Waals surface area contributed by atoms with Crippen molar-refractivity contribution in [2.75, 3.05) is 0 Å². The van der Waals surface area contributed by atoms with Crippen molar-refractivity contribution >= 4 is 0 Å². The maximum Gasteiger partial charge on any atom is 0.123 e. The molecule has 0 saturated heterocycles. The predicted molar refractivity (Wildman–Crippen MR) is 70.1 cm³/mol.